The molecule has 0 bridgehead atoms. The number of likely N-dealkylation sites (tertiary alicyclic amines) is 1. The minimum Gasteiger partial charge on any atom is -0.494 e. The van der Waals surface area contributed by atoms with Crippen LogP contribution in [-0.4, -0.2) is 52.7 Å². The first-order valence-electron chi connectivity index (χ1n) is 11.6. The summed E-state index contributed by atoms with van der Waals surface area (Å²) in [5.74, 6) is -4.19. The number of carbonyl (C=O) groups excluding carboxylic acids is 1. The summed E-state index contributed by atoms with van der Waals surface area (Å²) < 4.78 is 49.1. The summed E-state index contributed by atoms with van der Waals surface area (Å²) >= 11 is 0. The fourth-order valence-corrected chi connectivity index (χ4v) is 4.14. The number of nitrogens with zero attached hydrogens (tertiary/aromatic N) is 2. The largest absolute Gasteiger partial charge is 0.494 e. The molecule has 1 aromatic carbocycles. The lowest BCUT2D eigenvalue weighted by molar-refractivity contribution is 0.0304. The number of benzene rings is 1. The number of pyridine rings is 1. The molecule has 0 unspecified atom stereocenters. The van der Waals surface area contributed by atoms with Crippen LogP contribution >= 0.6 is 0 Å². The highest BCUT2D eigenvalue weighted by atomic mass is 19.1. The Hall–Kier alpha value is -3.83. The summed E-state index contributed by atoms with van der Waals surface area (Å²) in [6, 6.07) is 3.29. The normalized spacial score (nSPS) is 20.5. The summed E-state index contributed by atoms with van der Waals surface area (Å²) in [5.41, 5.74) is 10.7. The molecule has 0 saturated carbocycles. The first-order valence-corrected chi connectivity index (χ1v) is 11.6. The SMILES string of the molecule is C=C/C(NC(=O)c1ccc(F)c(-c2c(F)cc(OCC)cc2F)n1)=C(\C=C/N)N1C[C@@H](N)[C@H](O)[C@@H](C)C1. The molecule has 1 saturated heterocycles. The van der Waals surface area contributed by atoms with Crippen molar-refractivity contribution in [1.29, 1.82) is 0 Å². The number of carbonyl (C=O) groups is 1. The van der Waals surface area contributed by atoms with Crippen LogP contribution in [0.3, 0.4) is 0 Å². The van der Waals surface area contributed by atoms with E-state index in [9.17, 15) is 23.1 Å². The van der Waals surface area contributed by atoms with Crippen molar-refractivity contribution in [2.75, 3.05) is 19.7 Å². The fraction of sp³-hybridized carbons (Fsp3) is 0.308. The number of allylic oxidation sites excluding steroid dienone is 2. The first kappa shape index (κ1) is 27.8. The fourth-order valence-electron chi connectivity index (χ4n) is 4.14. The van der Waals surface area contributed by atoms with E-state index in [1.165, 1.54) is 12.3 Å². The summed E-state index contributed by atoms with van der Waals surface area (Å²) in [5, 5.41) is 12.8. The lowest BCUT2D eigenvalue weighted by Crippen LogP contribution is -2.55. The van der Waals surface area contributed by atoms with Crippen LogP contribution in [-0.2, 0) is 0 Å². The molecule has 0 spiro atoms. The summed E-state index contributed by atoms with van der Waals surface area (Å²) in [6.45, 7) is 8.13. The average molecular weight is 518 g/mol. The Balaban J connectivity index is 1.97. The smallest absolute Gasteiger partial charge is 0.274 e. The molecule has 0 aliphatic carbocycles. The van der Waals surface area contributed by atoms with Crippen LogP contribution in [0.4, 0.5) is 13.2 Å². The number of rotatable bonds is 8. The Labute approximate surface area is 213 Å². The van der Waals surface area contributed by atoms with Gasteiger partial charge in [-0.1, -0.05) is 13.5 Å². The van der Waals surface area contributed by atoms with Gasteiger partial charge in [0.05, 0.1) is 29.7 Å². The Morgan fingerprint density at radius 3 is 2.51 bits per heavy atom. The highest BCUT2D eigenvalue weighted by Crippen LogP contribution is 2.31. The van der Waals surface area contributed by atoms with E-state index in [4.69, 9.17) is 16.2 Å². The van der Waals surface area contributed by atoms with E-state index in [2.05, 4.69) is 16.9 Å². The predicted octanol–water partition coefficient (Wildman–Crippen LogP) is 2.80. The first-order chi connectivity index (χ1) is 17.6. The molecule has 8 nitrogen and oxygen atoms in total. The van der Waals surface area contributed by atoms with Gasteiger partial charge in [-0.05, 0) is 37.4 Å². The second-order valence-electron chi connectivity index (χ2n) is 8.57. The zero-order chi connectivity index (χ0) is 27.3. The Morgan fingerprint density at radius 1 is 1.27 bits per heavy atom. The van der Waals surface area contributed by atoms with Gasteiger partial charge in [0.1, 0.15) is 34.6 Å². The van der Waals surface area contributed by atoms with Gasteiger partial charge in [0, 0.05) is 37.2 Å². The molecule has 2 aromatic rings. The number of nitrogens with two attached hydrogens (primary N) is 2. The van der Waals surface area contributed by atoms with Crippen LogP contribution in [0.1, 0.15) is 24.3 Å². The van der Waals surface area contributed by atoms with Crippen LogP contribution in [0.25, 0.3) is 11.3 Å². The number of piperidine rings is 1. The third-order valence-corrected chi connectivity index (χ3v) is 5.93. The summed E-state index contributed by atoms with van der Waals surface area (Å²) in [6.07, 6.45) is 3.51. The number of aliphatic hydroxyl groups excluding tert-OH is 1. The predicted molar refractivity (Wildman–Crippen MR) is 133 cm³/mol. The molecule has 198 valence electrons. The van der Waals surface area contributed by atoms with E-state index in [0.717, 1.165) is 24.3 Å². The minimum atomic E-state index is -1.09. The van der Waals surface area contributed by atoms with Crippen LogP contribution < -0.4 is 21.5 Å². The maximum atomic E-state index is 14.7. The molecule has 1 aromatic heterocycles. The lowest BCUT2D eigenvalue weighted by atomic mass is 9.92. The zero-order valence-electron chi connectivity index (χ0n) is 20.5. The molecule has 1 amide bonds. The van der Waals surface area contributed by atoms with Crippen molar-refractivity contribution in [1.82, 2.24) is 15.2 Å². The van der Waals surface area contributed by atoms with Gasteiger partial charge >= 0.3 is 0 Å². The molecule has 1 fully saturated rings. The maximum Gasteiger partial charge on any atom is 0.274 e. The molecular formula is C26H30F3N5O3. The number of hydrogen-bond donors (Lipinski definition) is 4. The Bertz CT molecular complexity index is 1200. The molecule has 0 radical (unpaired) electrons. The van der Waals surface area contributed by atoms with Gasteiger partial charge in [0.2, 0.25) is 0 Å². The zero-order valence-corrected chi connectivity index (χ0v) is 20.5. The van der Waals surface area contributed by atoms with E-state index < -0.39 is 46.8 Å². The van der Waals surface area contributed by atoms with E-state index in [1.807, 2.05) is 11.8 Å². The van der Waals surface area contributed by atoms with Crippen molar-refractivity contribution in [2.24, 2.45) is 17.4 Å². The second kappa shape index (κ2) is 11.9. The van der Waals surface area contributed by atoms with Crippen molar-refractivity contribution in [3.05, 3.63) is 83.7 Å². The van der Waals surface area contributed by atoms with E-state index in [0.29, 0.717) is 12.2 Å². The third kappa shape index (κ3) is 6.12. The molecule has 2 heterocycles. The molecular weight excluding hydrogens is 487 g/mol. The topological polar surface area (TPSA) is 127 Å². The van der Waals surface area contributed by atoms with Gasteiger partial charge in [-0.25, -0.2) is 18.2 Å². The summed E-state index contributed by atoms with van der Waals surface area (Å²) in [4.78, 5) is 18.8. The van der Waals surface area contributed by atoms with Gasteiger partial charge in [-0.2, -0.15) is 0 Å². The van der Waals surface area contributed by atoms with E-state index in [-0.39, 0.29) is 36.2 Å². The third-order valence-electron chi connectivity index (χ3n) is 5.93. The molecule has 3 rings (SSSR count). The number of halogens is 3. The molecule has 1 aliphatic heterocycles. The van der Waals surface area contributed by atoms with E-state index >= 15 is 0 Å². The van der Waals surface area contributed by atoms with Crippen molar-refractivity contribution in [2.45, 2.75) is 26.0 Å². The van der Waals surface area contributed by atoms with Gasteiger partial charge in [-0.15, -0.1) is 0 Å². The second-order valence-corrected chi connectivity index (χ2v) is 8.57. The molecule has 3 atom stereocenters. The Morgan fingerprint density at radius 2 is 1.95 bits per heavy atom. The number of aromatic nitrogens is 1. The standard InChI is InChI=1S/C26H30F3N5O3/c1-4-20(22(8-9-30)34-12-14(3)25(35)19(31)13-34)33-26(36)21-7-6-16(27)24(32-21)23-17(28)10-15(37-5-2)11-18(23)29/h4,6-11,14,19,25,35H,1,5,12-13,30-31H2,2-3H3,(H,33,36)/b9-8-,22-20-/t14-,19+,25+/m0/s1. The highest BCUT2D eigenvalue weighted by Gasteiger charge is 2.32. The number of ether oxygens (including phenoxy) is 1. The number of nitrogens with one attached hydrogen (secondary N) is 1. The van der Waals surface area contributed by atoms with Crippen LogP contribution in [0.5, 0.6) is 5.75 Å². The summed E-state index contributed by atoms with van der Waals surface area (Å²) in [7, 11) is 0. The number of aliphatic hydroxyl groups is 1. The molecule has 11 heteroatoms. The molecule has 37 heavy (non-hydrogen) atoms. The van der Waals surface area contributed by atoms with Gasteiger partial charge < -0.3 is 31.5 Å². The van der Waals surface area contributed by atoms with Crippen LogP contribution in [0.15, 0.2) is 60.6 Å². The maximum absolute atomic E-state index is 14.7. The van der Waals surface area contributed by atoms with Crippen molar-refractivity contribution in [3.8, 4) is 17.0 Å². The highest BCUT2D eigenvalue weighted by molar-refractivity contribution is 5.94. The van der Waals surface area contributed by atoms with Crippen LogP contribution in [0.2, 0.25) is 0 Å². The van der Waals surface area contributed by atoms with Gasteiger partial charge in [0.25, 0.3) is 5.91 Å². The van der Waals surface area contributed by atoms with Gasteiger partial charge in [0.15, 0.2) is 0 Å². The van der Waals surface area contributed by atoms with Crippen molar-refractivity contribution < 1.29 is 27.8 Å². The molecule has 6 N–H and O–H groups in total. The lowest BCUT2D eigenvalue weighted by Gasteiger charge is -2.40. The van der Waals surface area contributed by atoms with E-state index in [1.54, 1.807) is 13.0 Å². The Kier molecular flexibility index (Phi) is 8.95. The van der Waals surface area contributed by atoms with Gasteiger partial charge in [-0.3, -0.25) is 4.79 Å². The molecule has 1 aliphatic rings. The monoisotopic (exact) mass is 517 g/mol. The minimum absolute atomic E-state index is 0.0592. The average Bonchev–Trinajstić information content (AvgIpc) is 2.85. The van der Waals surface area contributed by atoms with Crippen LogP contribution in [0, 0.1) is 23.4 Å². The van der Waals surface area contributed by atoms with Crippen molar-refractivity contribution >= 4 is 5.91 Å². The number of hydrogen-bond acceptors (Lipinski definition) is 7. The number of amides is 1. The quantitative estimate of drug-likeness (QED) is 0.397. The van der Waals surface area contributed by atoms with Crippen molar-refractivity contribution in [3.63, 3.8) is 0 Å².